The number of benzene rings is 1. The van der Waals surface area contributed by atoms with Crippen LogP contribution in [-0.4, -0.2) is 23.1 Å². The molecule has 0 saturated heterocycles. The van der Waals surface area contributed by atoms with E-state index in [2.05, 4.69) is 0 Å². The highest BCUT2D eigenvalue weighted by Gasteiger charge is 2.16. The van der Waals surface area contributed by atoms with Gasteiger partial charge in [-0.15, -0.1) is 4.13 Å². The van der Waals surface area contributed by atoms with E-state index in [0.29, 0.717) is 5.56 Å². The van der Waals surface area contributed by atoms with Crippen LogP contribution in [-0.2, 0) is 25.8 Å². The summed E-state index contributed by atoms with van der Waals surface area (Å²) in [7, 11) is -7.57. The van der Waals surface area contributed by atoms with E-state index in [1.165, 1.54) is 0 Å². The molecule has 5 nitrogen and oxygen atoms in total. The first-order valence-corrected chi connectivity index (χ1v) is 7.58. The molecule has 0 bridgehead atoms. The first-order chi connectivity index (χ1) is 6.79. The standard InChI is InChI=1S/C8H11NO4S2/c1-14(10,11)9-15(12,13)7-8-5-3-2-4-6-8/h2-6,9H,7H2,1H3. The molecule has 1 N–H and O–H groups in total. The Morgan fingerprint density at radius 3 is 2.07 bits per heavy atom. The maximum atomic E-state index is 11.3. The summed E-state index contributed by atoms with van der Waals surface area (Å²) in [6.45, 7) is 0. The molecular weight excluding hydrogens is 238 g/mol. The number of hydrogen-bond acceptors (Lipinski definition) is 4. The predicted molar refractivity (Wildman–Crippen MR) is 57.0 cm³/mol. The summed E-state index contributed by atoms with van der Waals surface area (Å²) in [6, 6.07) is 8.35. The lowest BCUT2D eigenvalue weighted by atomic mass is 10.2. The van der Waals surface area contributed by atoms with E-state index in [4.69, 9.17) is 0 Å². The molecule has 7 heteroatoms. The number of sulfonamides is 2. The normalized spacial score (nSPS) is 12.6. The number of rotatable bonds is 4. The zero-order valence-electron chi connectivity index (χ0n) is 8.04. The van der Waals surface area contributed by atoms with E-state index < -0.39 is 20.0 Å². The minimum Gasteiger partial charge on any atom is -0.212 e. The summed E-state index contributed by atoms with van der Waals surface area (Å²) in [5.74, 6) is -0.346. The fraction of sp³-hybridized carbons (Fsp3) is 0.250. The first-order valence-electron chi connectivity index (χ1n) is 4.04. The molecule has 0 atom stereocenters. The van der Waals surface area contributed by atoms with E-state index in [1.807, 2.05) is 0 Å². The lowest BCUT2D eigenvalue weighted by Crippen LogP contribution is -2.30. The van der Waals surface area contributed by atoms with Crippen LogP contribution in [0.1, 0.15) is 5.56 Å². The van der Waals surface area contributed by atoms with Gasteiger partial charge in [-0.1, -0.05) is 30.3 Å². The molecule has 0 aliphatic rings. The molecule has 84 valence electrons. The van der Waals surface area contributed by atoms with Crippen LogP contribution in [0.3, 0.4) is 0 Å². The smallest absolute Gasteiger partial charge is 0.212 e. The van der Waals surface area contributed by atoms with Crippen molar-refractivity contribution in [3.8, 4) is 0 Å². The Labute approximate surface area is 89.2 Å². The highest BCUT2D eigenvalue weighted by Crippen LogP contribution is 2.04. The maximum Gasteiger partial charge on any atom is 0.228 e. The van der Waals surface area contributed by atoms with Gasteiger partial charge in [-0.05, 0) is 5.56 Å². The van der Waals surface area contributed by atoms with Crippen molar-refractivity contribution >= 4 is 20.0 Å². The van der Waals surface area contributed by atoms with E-state index in [0.717, 1.165) is 6.26 Å². The minimum atomic E-state index is -3.83. The molecule has 0 aromatic heterocycles. The van der Waals surface area contributed by atoms with Crippen molar-refractivity contribution in [3.05, 3.63) is 35.9 Å². The van der Waals surface area contributed by atoms with E-state index in [1.54, 1.807) is 34.5 Å². The van der Waals surface area contributed by atoms with E-state index in [-0.39, 0.29) is 5.75 Å². The van der Waals surface area contributed by atoms with Crippen molar-refractivity contribution in [1.82, 2.24) is 4.13 Å². The third-order valence-corrected chi connectivity index (χ3v) is 4.42. The summed E-state index contributed by atoms with van der Waals surface area (Å²) >= 11 is 0. The fourth-order valence-corrected chi connectivity index (χ4v) is 3.77. The zero-order valence-corrected chi connectivity index (χ0v) is 9.68. The van der Waals surface area contributed by atoms with Crippen molar-refractivity contribution in [2.24, 2.45) is 0 Å². The summed E-state index contributed by atoms with van der Waals surface area (Å²) in [6.07, 6.45) is 0.801. The van der Waals surface area contributed by atoms with Crippen molar-refractivity contribution < 1.29 is 16.8 Å². The van der Waals surface area contributed by atoms with Gasteiger partial charge in [0.05, 0.1) is 12.0 Å². The third-order valence-electron chi connectivity index (χ3n) is 1.48. The molecule has 0 heterocycles. The van der Waals surface area contributed by atoms with Gasteiger partial charge in [0.25, 0.3) is 0 Å². The van der Waals surface area contributed by atoms with Crippen LogP contribution in [0.4, 0.5) is 0 Å². The molecular formula is C8H11NO4S2. The lowest BCUT2D eigenvalue weighted by molar-refractivity contribution is 0.579. The van der Waals surface area contributed by atoms with Crippen LogP contribution in [0.5, 0.6) is 0 Å². The molecule has 0 aliphatic heterocycles. The Kier molecular flexibility index (Phi) is 3.48. The molecule has 0 unspecified atom stereocenters. The largest absolute Gasteiger partial charge is 0.228 e. The molecule has 0 radical (unpaired) electrons. The van der Waals surface area contributed by atoms with E-state index in [9.17, 15) is 16.8 Å². The molecule has 0 fully saturated rings. The van der Waals surface area contributed by atoms with Gasteiger partial charge in [0.1, 0.15) is 0 Å². The van der Waals surface area contributed by atoms with Crippen LogP contribution in [0.2, 0.25) is 0 Å². The average molecular weight is 249 g/mol. The molecule has 0 saturated carbocycles. The monoisotopic (exact) mass is 249 g/mol. The van der Waals surface area contributed by atoms with E-state index >= 15 is 0 Å². The van der Waals surface area contributed by atoms with Crippen molar-refractivity contribution in [1.29, 1.82) is 0 Å². The van der Waals surface area contributed by atoms with Crippen LogP contribution in [0, 0.1) is 0 Å². The van der Waals surface area contributed by atoms with Crippen LogP contribution in [0.25, 0.3) is 0 Å². The lowest BCUT2D eigenvalue weighted by Gasteiger charge is -2.04. The summed E-state index contributed by atoms with van der Waals surface area (Å²) < 4.78 is 45.7. The Morgan fingerprint density at radius 2 is 1.60 bits per heavy atom. The number of nitrogens with one attached hydrogen (secondary N) is 1. The van der Waals surface area contributed by atoms with Crippen molar-refractivity contribution in [3.63, 3.8) is 0 Å². The van der Waals surface area contributed by atoms with Gasteiger partial charge in [-0.3, -0.25) is 0 Å². The zero-order chi connectivity index (χ0) is 11.5. The van der Waals surface area contributed by atoms with Crippen LogP contribution in [0.15, 0.2) is 30.3 Å². The first kappa shape index (κ1) is 12.2. The Balaban J connectivity index is 2.83. The molecule has 1 aromatic rings. The average Bonchev–Trinajstić information content (AvgIpc) is 1.99. The second-order valence-corrected chi connectivity index (χ2v) is 6.83. The topological polar surface area (TPSA) is 80.3 Å². The van der Waals surface area contributed by atoms with Gasteiger partial charge < -0.3 is 0 Å². The van der Waals surface area contributed by atoms with Gasteiger partial charge in [-0.2, -0.15) is 0 Å². The minimum absolute atomic E-state index is 0.346. The molecule has 0 amide bonds. The van der Waals surface area contributed by atoms with Gasteiger partial charge in [-0.25, -0.2) is 16.8 Å². The third kappa shape index (κ3) is 4.91. The molecule has 0 spiro atoms. The van der Waals surface area contributed by atoms with Crippen molar-refractivity contribution in [2.45, 2.75) is 5.75 Å². The predicted octanol–water partition coefficient (Wildman–Crippen LogP) is 0.0656. The Morgan fingerprint density at radius 1 is 1.07 bits per heavy atom. The van der Waals surface area contributed by atoms with Crippen LogP contribution < -0.4 is 4.13 Å². The quantitative estimate of drug-likeness (QED) is 0.818. The molecule has 0 aliphatic carbocycles. The SMILES string of the molecule is CS(=O)(=O)NS(=O)(=O)Cc1ccccc1. The molecule has 1 aromatic carbocycles. The summed E-state index contributed by atoms with van der Waals surface area (Å²) in [4.78, 5) is 0. The summed E-state index contributed by atoms with van der Waals surface area (Å²) in [5, 5.41) is 0. The summed E-state index contributed by atoms with van der Waals surface area (Å²) in [5.41, 5.74) is 0.536. The molecule has 1 rings (SSSR count). The fourth-order valence-electron chi connectivity index (χ4n) is 1.05. The van der Waals surface area contributed by atoms with Gasteiger partial charge >= 0.3 is 0 Å². The van der Waals surface area contributed by atoms with Gasteiger partial charge in [0.15, 0.2) is 0 Å². The highest BCUT2D eigenvalue weighted by molar-refractivity contribution is 8.04. The van der Waals surface area contributed by atoms with Gasteiger partial charge in [0, 0.05) is 0 Å². The number of hydrogen-bond donors (Lipinski definition) is 1. The van der Waals surface area contributed by atoms with Crippen molar-refractivity contribution in [2.75, 3.05) is 6.26 Å². The van der Waals surface area contributed by atoms with Gasteiger partial charge in [0.2, 0.25) is 20.0 Å². The second kappa shape index (κ2) is 4.30. The Bertz CT molecular complexity index is 519. The Hall–Kier alpha value is -0.920. The van der Waals surface area contributed by atoms with Crippen LogP contribution >= 0.6 is 0 Å². The highest BCUT2D eigenvalue weighted by atomic mass is 32.3. The maximum absolute atomic E-state index is 11.3. The second-order valence-electron chi connectivity index (χ2n) is 3.10. The molecule has 15 heavy (non-hydrogen) atoms.